The third kappa shape index (κ3) is 3.05. The number of benzene rings is 3. The third-order valence-corrected chi connectivity index (χ3v) is 7.07. The summed E-state index contributed by atoms with van der Waals surface area (Å²) in [7, 11) is 4.89. The number of hydrogen-bond acceptors (Lipinski definition) is 4. The molecule has 180 valence electrons. The van der Waals surface area contributed by atoms with Gasteiger partial charge in [0.2, 0.25) is 0 Å². The molecule has 7 heteroatoms. The quantitative estimate of drug-likeness (QED) is 0.414. The highest BCUT2D eigenvalue weighted by molar-refractivity contribution is 5.99. The van der Waals surface area contributed by atoms with Crippen molar-refractivity contribution in [2.24, 2.45) is 14.1 Å². The molecule has 2 aromatic heterocycles. The summed E-state index contributed by atoms with van der Waals surface area (Å²) in [5.41, 5.74) is 6.50. The van der Waals surface area contributed by atoms with Crippen molar-refractivity contribution in [2.45, 2.75) is 13.0 Å². The number of hydrogen-bond donors (Lipinski definition) is 1. The summed E-state index contributed by atoms with van der Waals surface area (Å²) in [4.78, 5) is 26.9. The molecule has 3 heterocycles. The molecule has 36 heavy (non-hydrogen) atoms. The van der Waals surface area contributed by atoms with E-state index in [0.717, 1.165) is 45.2 Å². The first-order valence-corrected chi connectivity index (χ1v) is 11.8. The number of fused-ring (bicyclic) bond motifs is 5. The maximum atomic E-state index is 13.7. The van der Waals surface area contributed by atoms with Gasteiger partial charge in [0, 0.05) is 14.1 Å². The second kappa shape index (κ2) is 8.02. The number of methoxy groups -OCH3 is 1. The van der Waals surface area contributed by atoms with Crippen LogP contribution < -0.4 is 21.3 Å². The van der Waals surface area contributed by atoms with Crippen molar-refractivity contribution in [3.05, 3.63) is 110 Å². The number of para-hydroxylation sites is 2. The molecular weight excluding hydrogens is 452 g/mol. The fraction of sp³-hybridized carbons (Fsp3) is 0.172. The third-order valence-electron chi connectivity index (χ3n) is 7.07. The molecule has 0 aliphatic carbocycles. The van der Waals surface area contributed by atoms with E-state index >= 15 is 0 Å². The fourth-order valence-electron chi connectivity index (χ4n) is 5.34. The van der Waals surface area contributed by atoms with Gasteiger partial charge in [0.15, 0.2) is 0 Å². The Hall–Kier alpha value is -4.52. The minimum Gasteiger partial charge on any atom is -0.497 e. The molecule has 5 aromatic rings. The van der Waals surface area contributed by atoms with Crippen molar-refractivity contribution in [1.82, 2.24) is 13.7 Å². The van der Waals surface area contributed by atoms with Crippen LogP contribution in [0.3, 0.4) is 0 Å². The Morgan fingerprint density at radius 1 is 0.889 bits per heavy atom. The van der Waals surface area contributed by atoms with Crippen molar-refractivity contribution in [3.63, 3.8) is 0 Å². The molecule has 7 nitrogen and oxygen atoms in total. The first-order chi connectivity index (χ1) is 17.4. The Bertz CT molecular complexity index is 1770. The van der Waals surface area contributed by atoms with Gasteiger partial charge in [0.1, 0.15) is 5.75 Å². The zero-order valence-electron chi connectivity index (χ0n) is 20.6. The van der Waals surface area contributed by atoms with Crippen molar-refractivity contribution in [1.29, 1.82) is 0 Å². The van der Waals surface area contributed by atoms with Gasteiger partial charge in [0.05, 0.1) is 46.8 Å². The summed E-state index contributed by atoms with van der Waals surface area (Å²) in [5, 5.41) is 4.20. The lowest BCUT2D eigenvalue weighted by Gasteiger charge is -2.31. The summed E-state index contributed by atoms with van der Waals surface area (Å²) in [6.45, 7) is 2.06. The zero-order valence-corrected chi connectivity index (χ0v) is 20.6. The van der Waals surface area contributed by atoms with Crippen molar-refractivity contribution in [2.75, 3.05) is 12.4 Å². The average molecular weight is 479 g/mol. The maximum absolute atomic E-state index is 13.7. The molecule has 0 radical (unpaired) electrons. The molecule has 1 atom stereocenters. The zero-order chi connectivity index (χ0) is 25.1. The first kappa shape index (κ1) is 22.0. The molecule has 3 aromatic carbocycles. The number of nitrogens with one attached hydrogen (secondary N) is 1. The van der Waals surface area contributed by atoms with Gasteiger partial charge in [-0.2, -0.15) is 0 Å². The summed E-state index contributed by atoms with van der Waals surface area (Å²) in [6, 6.07) is 23.8. The minimum absolute atomic E-state index is 0.271. The van der Waals surface area contributed by atoms with Crippen LogP contribution >= 0.6 is 0 Å². The molecule has 0 saturated heterocycles. The second-order valence-corrected chi connectivity index (χ2v) is 9.24. The highest BCUT2D eigenvalue weighted by Gasteiger charge is 2.34. The van der Waals surface area contributed by atoms with Gasteiger partial charge in [0.25, 0.3) is 5.56 Å². The monoisotopic (exact) mass is 478 g/mol. The van der Waals surface area contributed by atoms with E-state index in [9.17, 15) is 9.59 Å². The second-order valence-electron chi connectivity index (χ2n) is 9.24. The van der Waals surface area contributed by atoms with Crippen molar-refractivity contribution >= 4 is 16.6 Å². The number of aromatic nitrogens is 3. The van der Waals surface area contributed by atoms with Gasteiger partial charge in [-0.3, -0.25) is 13.9 Å². The van der Waals surface area contributed by atoms with E-state index in [1.54, 1.807) is 18.7 Å². The predicted molar refractivity (Wildman–Crippen MR) is 142 cm³/mol. The van der Waals surface area contributed by atoms with Crippen LogP contribution in [-0.4, -0.2) is 20.8 Å². The van der Waals surface area contributed by atoms with Crippen LogP contribution in [0.5, 0.6) is 5.75 Å². The molecule has 0 spiro atoms. The lowest BCUT2D eigenvalue weighted by Crippen LogP contribution is -2.37. The molecule has 0 unspecified atom stereocenters. The van der Waals surface area contributed by atoms with Gasteiger partial charge < -0.3 is 14.6 Å². The Balaban J connectivity index is 1.84. The van der Waals surface area contributed by atoms with E-state index in [1.165, 1.54) is 11.6 Å². The largest absolute Gasteiger partial charge is 0.497 e. The maximum Gasteiger partial charge on any atom is 0.331 e. The molecule has 0 saturated carbocycles. The molecule has 0 amide bonds. The molecular formula is C29H26N4O3. The van der Waals surface area contributed by atoms with Crippen LogP contribution in [0.1, 0.15) is 22.9 Å². The molecule has 0 fully saturated rings. The van der Waals surface area contributed by atoms with Crippen LogP contribution in [0.4, 0.5) is 5.69 Å². The minimum atomic E-state index is -0.357. The smallest absolute Gasteiger partial charge is 0.331 e. The SMILES string of the molecule is COc1ccc(-c2c3c(=O)n(C)c(=O)n(C)c3c3n2-c2ccccc2N[C@@H]3c2cccc(C)c2)cc1. The normalized spacial score (nSPS) is 14.3. The Kier molecular flexibility index (Phi) is 4.89. The van der Waals surface area contributed by atoms with E-state index in [2.05, 4.69) is 35.0 Å². The number of rotatable bonds is 3. The number of aryl methyl sites for hydroxylation is 2. The van der Waals surface area contributed by atoms with E-state index in [-0.39, 0.29) is 17.3 Å². The summed E-state index contributed by atoms with van der Waals surface area (Å²) in [5.74, 6) is 0.730. The van der Waals surface area contributed by atoms with Gasteiger partial charge in [-0.05, 0) is 54.4 Å². The molecule has 1 aliphatic heterocycles. The highest BCUT2D eigenvalue weighted by atomic mass is 16.5. The Morgan fingerprint density at radius 3 is 2.36 bits per heavy atom. The van der Waals surface area contributed by atoms with Crippen LogP contribution in [0.2, 0.25) is 0 Å². The van der Waals surface area contributed by atoms with Crippen LogP contribution in [0.15, 0.2) is 82.4 Å². The van der Waals surface area contributed by atoms with E-state index in [4.69, 9.17) is 4.74 Å². The van der Waals surface area contributed by atoms with E-state index < -0.39 is 0 Å². The summed E-state index contributed by atoms with van der Waals surface area (Å²) in [6.07, 6.45) is 0. The number of ether oxygens (including phenoxy) is 1. The standard InChI is InChI=1S/C29H26N4O3/c1-17-8-7-9-19(16-17)24-27-26-23(28(34)32(3)29(35)31(26)2)25(18-12-14-20(36-4)15-13-18)33(27)22-11-6-5-10-21(22)30-24/h5-16,24,30H,1-4H3/t24-/m1/s1. The Morgan fingerprint density at radius 2 is 1.64 bits per heavy atom. The molecule has 0 bridgehead atoms. The van der Waals surface area contributed by atoms with E-state index in [1.807, 2.05) is 54.6 Å². The first-order valence-electron chi connectivity index (χ1n) is 11.8. The topological polar surface area (TPSA) is 70.2 Å². The van der Waals surface area contributed by atoms with Crippen molar-refractivity contribution in [3.8, 4) is 22.7 Å². The van der Waals surface area contributed by atoms with Crippen LogP contribution in [-0.2, 0) is 14.1 Å². The van der Waals surface area contributed by atoms with Gasteiger partial charge >= 0.3 is 5.69 Å². The summed E-state index contributed by atoms with van der Waals surface area (Å²) < 4.78 is 10.3. The predicted octanol–water partition coefficient (Wildman–Crippen LogP) is 4.53. The lowest BCUT2D eigenvalue weighted by atomic mass is 9.98. The van der Waals surface area contributed by atoms with Crippen LogP contribution in [0, 0.1) is 6.92 Å². The number of anilines is 1. The van der Waals surface area contributed by atoms with Gasteiger partial charge in [-0.1, -0.05) is 42.0 Å². The molecule has 6 rings (SSSR count). The fourth-order valence-corrected chi connectivity index (χ4v) is 5.34. The van der Waals surface area contributed by atoms with Crippen LogP contribution in [0.25, 0.3) is 27.8 Å². The molecule has 1 aliphatic rings. The number of nitrogens with zero attached hydrogens (tertiary/aromatic N) is 3. The van der Waals surface area contributed by atoms with Crippen molar-refractivity contribution < 1.29 is 4.74 Å². The van der Waals surface area contributed by atoms with Gasteiger partial charge in [-0.15, -0.1) is 0 Å². The molecule has 1 N–H and O–H groups in total. The van der Waals surface area contributed by atoms with E-state index in [0.29, 0.717) is 10.9 Å². The summed E-state index contributed by atoms with van der Waals surface area (Å²) >= 11 is 0. The van der Waals surface area contributed by atoms with Gasteiger partial charge in [-0.25, -0.2) is 4.79 Å². The average Bonchev–Trinajstić information content (AvgIpc) is 3.27. The highest BCUT2D eigenvalue weighted by Crippen LogP contribution is 2.45. The Labute approximate surface area is 207 Å². The lowest BCUT2D eigenvalue weighted by molar-refractivity contribution is 0.415.